The molecule has 0 aromatic carbocycles. The molecule has 0 unspecified atom stereocenters. The van der Waals surface area contributed by atoms with E-state index in [9.17, 15) is 14.9 Å². The molecule has 0 bridgehead atoms. The van der Waals surface area contributed by atoms with Crippen LogP contribution in [-0.4, -0.2) is 53.2 Å². The maximum atomic E-state index is 11.6. The van der Waals surface area contributed by atoms with E-state index in [1.165, 1.54) is 6.07 Å². The van der Waals surface area contributed by atoms with Crippen LogP contribution in [0.2, 0.25) is 0 Å². The molecule has 0 N–H and O–H groups in total. The molecule has 8 nitrogen and oxygen atoms in total. The molecule has 1 amide bonds. The second-order valence-corrected chi connectivity index (χ2v) is 5.13. The first kappa shape index (κ1) is 13.6. The second-order valence-electron chi connectivity index (χ2n) is 5.13. The van der Waals surface area contributed by atoms with Crippen molar-refractivity contribution in [2.24, 2.45) is 0 Å². The summed E-state index contributed by atoms with van der Waals surface area (Å²) < 4.78 is 4.95. The van der Waals surface area contributed by atoms with E-state index in [4.69, 9.17) is 4.74 Å². The third-order valence-electron chi connectivity index (χ3n) is 3.96. The lowest BCUT2D eigenvalue weighted by molar-refractivity contribution is -0.384. The molecular formula is C13H16N4O4. The van der Waals surface area contributed by atoms with Crippen molar-refractivity contribution in [3.05, 3.63) is 28.4 Å². The molecule has 112 valence electrons. The van der Waals surface area contributed by atoms with E-state index in [2.05, 4.69) is 4.98 Å². The zero-order chi connectivity index (χ0) is 14.8. The number of carbonyl (C=O) groups excluding carboxylic acids is 1. The average molecular weight is 292 g/mol. The lowest BCUT2D eigenvalue weighted by Gasteiger charge is -2.35. The number of nitrogens with zero attached hydrogens (tertiary/aromatic N) is 4. The fourth-order valence-corrected chi connectivity index (χ4v) is 2.90. The van der Waals surface area contributed by atoms with Gasteiger partial charge in [-0.3, -0.25) is 10.1 Å². The lowest BCUT2D eigenvalue weighted by atomic mass is 10.0. The number of piperidine rings is 1. The minimum atomic E-state index is -0.410. The van der Waals surface area contributed by atoms with Crippen molar-refractivity contribution >= 4 is 17.6 Å². The molecule has 3 heterocycles. The van der Waals surface area contributed by atoms with Crippen molar-refractivity contribution in [3.63, 3.8) is 0 Å². The Kier molecular flexibility index (Phi) is 3.59. The van der Waals surface area contributed by atoms with Crippen LogP contribution in [0.1, 0.15) is 12.8 Å². The van der Waals surface area contributed by atoms with Crippen molar-refractivity contribution in [3.8, 4) is 0 Å². The Hall–Kier alpha value is -2.38. The van der Waals surface area contributed by atoms with Gasteiger partial charge in [0.05, 0.1) is 11.5 Å². The fourth-order valence-electron chi connectivity index (χ4n) is 2.90. The summed E-state index contributed by atoms with van der Waals surface area (Å²) in [5.74, 6) is 0.407. The first-order valence-electron chi connectivity index (χ1n) is 6.94. The minimum absolute atomic E-state index is 0.0246. The standard InChI is InChI=1S/C13H16N4O4/c18-13-16(8-9-21-13)10-3-6-15(7-4-10)12-11(17(19)20)2-1-5-14-12/h1-2,5,10H,3-4,6-9H2. The SMILES string of the molecule is O=C1OCCN1C1CCN(c2ncccc2[N+](=O)[O-])CC1. The third-order valence-corrected chi connectivity index (χ3v) is 3.96. The number of aromatic nitrogens is 1. The number of pyridine rings is 1. The Morgan fingerprint density at radius 3 is 2.71 bits per heavy atom. The predicted octanol–water partition coefficient (Wildman–Crippen LogP) is 1.41. The Morgan fingerprint density at radius 2 is 2.10 bits per heavy atom. The first-order valence-corrected chi connectivity index (χ1v) is 6.94. The van der Waals surface area contributed by atoms with Crippen molar-refractivity contribution in [1.29, 1.82) is 0 Å². The Labute approximate surface area is 121 Å². The van der Waals surface area contributed by atoms with E-state index in [-0.39, 0.29) is 17.8 Å². The molecular weight excluding hydrogens is 276 g/mol. The molecule has 0 aliphatic carbocycles. The normalized spacial score (nSPS) is 19.7. The van der Waals surface area contributed by atoms with Crippen LogP contribution in [0.3, 0.4) is 0 Å². The molecule has 1 aromatic heterocycles. The Morgan fingerprint density at radius 1 is 1.33 bits per heavy atom. The molecule has 2 aliphatic heterocycles. The third kappa shape index (κ3) is 2.61. The number of rotatable bonds is 3. The molecule has 2 saturated heterocycles. The van der Waals surface area contributed by atoms with Crippen LogP contribution in [0.4, 0.5) is 16.3 Å². The van der Waals surface area contributed by atoms with Crippen LogP contribution in [0.15, 0.2) is 18.3 Å². The highest BCUT2D eigenvalue weighted by atomic mass is 16.6. The largest absolute Gasteiger partial charge is 0.448 e. The summed E-state index contributed by atoms with van der Waals surface area (Å²) >= 11 is 0. The van der Waals surface area contributed by atoms with Gasteiger partial charge < -0.3 is 14.5 Å². The van der Waals surface area contributed by atoms with Gasteiger partial charge in [0, 0.05) is 31.4 Å². The number of hydrogen-bond acceptors (Lipinski definition) is 6. The number of hydrogen-bond donors (Lipinski definition) is 0. The molecule has 21 heavy (non-hydrogen) atoms. The summed E-state index contributed by atoms with van der Waals surface area (Å²) in [7, 11) is 0. The van der Waals surface area contributed by atoms with Crippen LogP contribution in [-0.2, 0) is 4.74 Å². The zero-order valence-electron chi connectivity index (χ0n) is 11.5. The number of nitro groups is 1. The summed E-state index contributed by atoms with van der Waals surface area (Å²) in [5, 5.41) is 11.1. The van der Waals surface area contributed by atoms with Gasteiger partial charge >= 0.3 is 11.8 Å². The molecule has 2 aliphatic rings. The number of anilines is 1. The van der Waals surface area contributed by atoms with Gasteiger partial charge in [0.1, 0.15) is 6.61 Å². The van der Waals surface area contributed by atoms with Gasteiger partial charge in [-0.1, -0.05) is 0 Å². The fraction of sp³-hybridized carbons (Fsp3) is 0.538. The Bertz CT molecular complexity index is 557. The number of ether oxygens (including phenoxy) is 1. The molecule has 8 heteroatoms. The summed E-state index contributed by atoms with van der Waals surface area (Å²) in [6.07, 6.45) is 2.84. The first-order chi connectivity index (χ1) is 10.2. The maximum absolute atomic E-state index is 11.6. The quantitative estimate of drug-likeness (QED) is 0.618. The number of amides is 1. The summed E-state index contributed by atoms with van der Waals surface area (Å²) in [4.78, 5) is 30.0. The van der Waals surface area contributed by atoms with E-state index >= 15 is 0 Å². The smallest absolute Gasteiger partial charge is 0.410 e. The summed E-state index contributed by atoms with van der Waals surface area (Å²) in [6.45, 7) is 2.37. The second kappa shape index (κ2) is 5.55. The van der Waals surface area contributed by atoms with Gasteiger partial charge in [0.15, 0.2) is 0 Å². The average Bonchev–Trinajstić information content (AvgIpc) is 2.93. The molecule has 0 saturated carbocycles. The van der Waals surface area contributed by atoms with Crippen molar-refractivity contribution in [2.75, 3.05) is 31.1 Å². The molecule has 0 radical (unpaired) electrons. The van der Waals surface area contributed by atoms with Gasteiger partial charge in [-0.2, -0.15) is 0 Å². The van der Waals surface area contributed by atoms with E-state index in [0.29, 0.717) is 32.1 Å². The number of carbonyl (C=O) groups is 1. The van der Waals surface area contributed by atoms with Crippen molar-refractivity contribution in [1.82, 2.24) is 9.88 Å². The molecule has 3 rings (SSSR count). The van der Waals surface area contributed by atoms with E-state index in [0.717, 1.165) is 12.8 Å². The van der Waals surface area contributed by atoms with Crippen LogP contribution in [0, 0.1) is 10.1 Å². The van der Waals surface area contributed by atoms with Gasteiger partial charge in [-0.25, -0.2) is 9.78 Å². The van der Waals surface area contributed by atoms with Crippen LogP contribution >= 0.6 is 0 Å². The molecule has 1 aromatic rings. The summed E-state index contributed by atoms with van der Waals surface area (Å²) in [6, 6.07) is 3.18. The summed E-state index contributed by atoms with van der Waals surface area (Å²) in [5.41, 5.74) is 0.0246. The predicted molar refractivity (Wildman–Crippen MR) is 74.2 cm³/mol. The van der Waals surface area contributed by atoms with Crippen LogP contribution < -0.4 is 4.90 Å². The van der Waals surface area contributed by atoms with Crippen LogP contribution in [0.25, 0.3) is 0 Å². The highest BCUT2D eigenvalue weighted by Crippen LogP contribution is 2.29. The van der Waals surface area contributed by atoms with Gasteiger partial charge in [0.2, 0.25) is 5.82 Å². The zero-order valence-corrected chi connectivity index (χ0v) is 11.5. The van der Waals surface area contributed by atoms with E-state index in [1.807, 2.05) is 4.90 Å². The lowest BCUT2D eigenvalue weighted by Crippen LogP contribution is -2.45. The maximum Gasteiger partial charge on any atom is 0.410 e. The molecule has 0 atom stereocenters. The topological polar surface area (TPSA) is 88.8 Å². The van der Waals surface area contributed by atoms with E-state index in [1.54, 1.807) is 17.2 Å². The molecule has 2 fully saturated rings. The van der Waals surface area contributed by atoms with Gasteiger partial charge in [-0.05, 0) is 18.9 Å². The van der Waals surface area contributed by atoms with Gasteiger partial charge in [0.25, 0.3) is 0 Å². The monoisotopic (exact) mass is 292 g/mol. The Balaban J connectivity index is 1.69. The highest BCUT2D eigenvalue weighted by molar-refractivity contribution is 5.69. The number of cyclic esters (lactones) is 1. The highest BCUT2D eigenvalue weighted by Gasteiger charge is 2.33. The molecule has 0 spiro atoms. The van der Waals surface area contributed by atoms with E-state index < -0.39 is 4.92 Å². The van der Waals surface area contributed by atoms with Crippen molar-refractivity contribution in [2.45, 2.75) is 18.9 Å². The minimum Gasteiger partial charge on any atom is -0.448 e. The van der Waals surface area contributed by atoms with Gasteiger partial charge in [-0.15, -0.1) is 0 Å². The van der Waals surface area contributed by atoms with Crippen LogP contribution in [0.5, 0.6) is 0 Å². The van der Waals surface area contributed by atoms with Crippen molar-refractivity contribution < 1.29 is 14.5 Å².